The summed E-state index contributed by atoms with van der Waals surface area (Å²) < 4.78 is 2.00. The van der Waals surface area contributed by atoms with E-state index in [0.717, 1.165) is 23.5 Å². The SMILES string of the molecule is Cc1nn(CC(C)C)c(C)c1CCC(=O)NNC(=O)c1ccc(Cl)cc1. The van der Waals surface area contributed by atoms with Crippen molar-refractivity contribution in [2.24, 2.45) is 5.92 Å². The van der Waals surface area contributed by atoms with Gasteiger partial charge in [0.15, 0.2) is 0 Å². The zero-order valence-electron chi connectivity index (χ0n) is 15.6. The Bertz CT molecular complexity index is 782. The summed E-state index contributed by atoms with van der Waals surface area (Å²) in [6, 6.07) is 6.44. The van der Waals surface area contributed by atoms with Gasteiger partial charge in [-0.2, -0.15) is 5.10 Å². The third-order valence-corrected chi connectivity index (χ3v) is 4.35. The molecule has 2 amide bonds. The fourth-order valence-corrected chi connectivity index (χ4v) is 2.85. The molecule has 0 aliphatic carbocycles. The highest BCUT2D eigenvalue weighted by atomic mass is 35.5. The van der Waals surface area contributed by atoms with Gasteiger partial charge in [0.25, 0.3) is 5.91 Å². The van der Waals surface area contributed by atoms with Gasteiger partial charge in [0.05, 0.1) is 5.69 Å². The smallest absolute Gasteiger partial charge is 0.269 e. The van der Waals surface area contributed by atoms with Crippen LogP contribution in [0.15, 0.2) is 24.3 Å². The van der Waals surface area contributed by atoms with Gasteiger partial charge in [0.1, 0.15) is 0 Å². The fraction of sp³-hybridized carbons (Fsp3) is 0.421. The van der Waals surface area contributed by atoms with Crippen molar-refractivity contribution in [3.8, 4) is 0 Å². The van der Waals surface area contributed by atoms with Gasteiger partial charge in [-0.25, -0.2) is 0 Å². The highest BCUT2D eigenvalue weighted by Gasteiger charge is 2.14. The number of rotatable bonds is 6. The molecule has 1 heterocycles. The molecule has 7 heteroatoms. The molecule has 0 bridgehead atoms. The van der Waals surface area contributed by atoms with E-state index >= 15 is 0 Å². The number of amides is 2. The zero-order valence-corrected chi connectivity index (χ0v) is 16.4. The second-order valence-corrected chi connectivity index (χ2v) is 7.17. The van der Waals surface area contributed by atoms with Gasteiger partial charge in [-0.3, -0.25) is 25.1 Å². The molecule has 0 unspecified atom stereocenters. The van der Waals surface area contributed by atoms with Crippen LogP contribution in [0.5, 0.6) is 0 Å². The van der Waals surface area contributed by atoms with Gasteiger partial charge in [-0.15, -0.1) is 0 Å². The van der Waals surface area contributed by atoms with Crippen LogP contribution >= 0.6 is 11.6 Å². The molecule has 0 spiro atoms. The first-order chi connectivity index (χ1) is 12.3. The lowest BCUT2D eigenvalue weighted by atomic mass is 10.1. The van der Waals surface area contributed by atoms with Crippen LogP contribution < -0.4 is 10.9 Å². The quantitative estimate of drug-likeness (QED) is 0.760. The lowest BCUT2D eigenvalue weighted by Crippen LogP contribution is -2.41. The molecule has 26 heavy (non-hydrogen) atoms. The van der Waals surface area contributed by atoms with Crippen LogP contribution in [-0.4, -0.2) is 21.6 Å². The minimum Gasteiger partial charge on any atom is -0.273 e. The summed E-state index contributed by atoms with van der Waals surface area (Å²) in [5.41, 5.74) is 8.41. The van der Waals surface area contributed by atoms with E-state index in [4.69, 9.17) is 11.6 Å². The number of halogens is 1. The number of aryl methyl sites for hydroxylation is 1. The van der Waals surface area contributed by atoms with Crippen molar-refractivity contribution in [1.29, 1.82) is 0 Å². The van der Waals surface area contributed by atoms with Crippen molar-refractivity contribution in [2.75, 3.05) is 0 Å². The predicted molar refractivity (Wildman–Crippen MR) is 102 cm³/mol. The first kappa shape index (κ1) is 20.0. The molecule has 2 N–H and O–H groups in total. The number of benzene rings is 1. The number of carbonyl (C=O) groups excluding carboxylic acids is 2. The summed E-state index contributed by atoms with van der Waals surface area (Å²) in [7, 11) is 0. The first-order valence-corrected chi connectivity index (χ1v) is 9.03. The summed E-state index contributed by atoms with van der Waals surface area (Å²) in [5, 5.41) is 5.10. The molecule has 6 nitrogen and oxygen atoms in total. The van der Waals surface area contributed by atoms with Crippen molar-refractivity contribution < 1.29 is 9.59 Å². The van der Waals surface area contributed by atoms with Gasteiger partial charge < -0.3 is 0 Å². The summed E-state index contributed by atoms with van der Waals surface area (Å²) in [5.74, 6) is -0.123. The van der Waals surface area contributed by atoms with Crippen molar-refractivity contribution in [2.45, 2.75) is 47.1 Å². The van der Waals surface area contributed by atoms with E-state index < -0.39 is 0 Å². The predicted octanol–water partition coefficient (Wildman–Crippen LogP) is 3.20. The average Bonchev–Trinajstić information content (AvgIpc) is 2.84. The molecule has 0 saturated carbocycles. The first-order valence-electron chi connectivity index (χ1n) is 8.65. The fourth-order valence-electron chi connectivity index (χ4n) is 2.72. The Morgan fingerprint density at radius 1 is 1.15 bits per heavy atom. The Kier molecular flexibility index (Phi) is 6.80. The number of nitrogens with one attached hydrogen (secondary N) is 2. The third-order valence-electron chi connectivity index (χ3n) is 4.09. The molecule has 0 aliphatic heterocycles. The molecule has 2 rings (SSSR count). The molecule has 2 aromatic rings. The maximum atomic E-state index is 12.0. The summed E-state index contributed by atoms with van der Waals surface area (Å²) in [6.07, 6.45) is 0.856. The topological polar surface area (TPSA) is 76.0 Å². The highest BCUT2D eigenvalue weighted by molar-refractivity contribution is 6.30. The van der Waals surface area contributed by atoms with Gasteiger partial charge in [-0.05, 0) is 56.0 Å². The van der Waals surface area contributed by atoms with Gasteiger partial charge >= 0.3 is 0 Å². The second-order valence-electron chi connectivity index (χ2n) is 6.73. The van der Waals surface area contributed by atoms with Gasteiger partial charge in [-0.1, -0.05) is 25.4 Å². The standard InChI is InChI=1S/C19H25ClN4O2/c1-12(2)11-24-14(4)17(13(3)23-24)9-10-18(25)21-22-19(26)15-5-7-16(20)8-6-15/h5-8,12H,9-11H2,1-4H3,(H,21,25)(H,22,26). The van der Waals surface area contributed by atoms with E-state index in [2.05, 4.69) is 29.8 Å². The molecule has 1 aromatic carbocycles. The van der Waals surface area contributed by atoms with E-state index in [0.29, 0.717) is 22.9 Å². The lowest BCUT2D eigenvalue weighted by Gasteiger charge is -2.09. The summed E-state index contributed by atoms with van der Waals surface area (Å²) in [4.78, 5) is 24.0. The van der Waals surface area contributed by atoms with E-state index in [-0.39, 0.29) is 18.2 Å². The average molecular weight is 377 g/mol. The number of aromatic nitrogens is 2. The molecule has 140 valence electrons. The van der Waals surface area contributed by atoms with Crippen LogP contribution in [0, 0.1) is 19.8 Å². The van der Waals surface area contributed by atoms with Crippen LogP contribution in [0.25, 0.3) is 0 Å². The van der Waals surface area contributed by atoms with Crippen LogP contribution in [0.3, 0.4) is 0 Å². The van der Waals surface area contributed by atoms with Crippen LogP contribution in [0.2, 0.25) is 5.02 Å². The normalized spacial score (nSPS) is 10.8. The van der Waals surface area contributed by atoms with E-state index in [1.165, 1.54) is 0 Å². The van der Waals surface area contributed by atoms with Crippen LogP contribution in [0.4, 0.5) is 0 Å². The minimum atomic E-state index is -0.382. The maximum Gasteiger partial charge on any atom is 0.269 e. The van der Waals surface area contributed by atoms with Crippen molar-refractivity contribution in [1.82, 2.24) is 20.6 Å². The Balaban J connectivity index is 1.86. The molecule has 0 aliphatic rings. The number of nitrogens with zero attached hydrogens (tertiary/aromatic N) is 2. The minimum absolute atomic E-state index is 0.247. The maximum absolute atomic E-state index is 12.0. The lowest BCUT2D eigenvalue weighted by molar-refractivity contribution is -0.121. The Hall–Kier alpha value is -2.34. The number of hydrazine groups is 1. The van der Waals surface area contributed by atoms with E-state index in [1.807, 2.05) is 18.5 Å². The van der Waals surface area contributed by atoms with Crippen LogP contribution in [0.1, 0.15) is 47.6 Å². The largest absolute Gasteiger partial charge is 0.273 e. The summed E-state index contributed by atoms with van der Waals surface area (Å²) >= 11 is 5.79. The van der Waals surface area contributed by atoms with Gasteiger partial charge in [0.2, 0.25) is 5.91 Å². The van der Waals surface area contributed by atoms with E-state index in [9.17, 15) is 9.59 Å². The second kappa shape index (κ2) is 8.85. The number of hydrogen-bond donors (Lipinski definition) is 2. The Morgan fingerprint density at radius 3 is 2.42 bits per heavy atom. The third kappa shape index (κ3) is 5.33. The highest BCUT2D eigenvalue weighted by Crippen LogP contribution is 2.16. The molecule has 0 fully saturated rings. The van der Waals surface area contributed by atoms with Crippen LogP contribution in [-0.2, 0) is 17.8 Å². The van der Waals surface area contributed by atoms with Crippen molar-refractivity contribution in [3.05, 3.63) is 51.8 Å². The molecular weight excluding hydrogens is 352 g/mol. The van der Waals surface area contributed by atoms with E-state index in [1.54, 1.807) is 24.3 Å². The van der Waals surface area contributed by atoms with Crippen molar-refractivity contribution >= 4 is 23.4 Å². The Morgan fingerprint density at radius 2 is 1.81 bits per heavy atom. The number of carbonyl (C=O) groups is 2. The molecular formula is C19H25ClN4O2. The monoisotopic (exact) mass is 376 g/mol. The zero-order chi connectivity index (χ0) is 19.3. The van der Waals surface area contributed by atoms with Gasteiger partial charge in [0, 0.05) is 29.2 Å². The number of hydrogen-bond acceptors (Lipinski definition) is 3. The molecule has 0 atom stereocenters. The Labute approximate surface area is 158 Å². The van der Waals surface area contributed by atoms with Crippen molar-refractivity contribution in [3.63, 3.8) is 0 Å². The molecule has 1 aromatic heterocycles. The molecule has 0 radical (unpaired) electrons. The summed E-state index contributed by atoms with van der Waals surface area (Å²) in [6.45, 7) is 9.13. The molecule has 0 saturated heterocycles.